The van der Waals surface area contributed by atoms with E-state index < -0.39 is 16.1 Å². The summed E-state index contributed by atoms with van der Waals surface area (Å²) in [5, 5.41) is 0.485. The van der Waals surface area contributed by atoms with Crippen LogP contribution in [0.3, 0.4) is 0 Å². The van der Waals surface area contributed by atoms with Crippen molar-refractivity contribution in [2.24, 2.45) is 5.92 Å². The largest absolute Gasteiger partial charge is 0.469 e. The van der Waals surface area contributed by atoms with Crippen molar-refractivity contribution < 1.29 is 22.7 Å². The van der Waals surface area contributed by atoms with Gasteiger partial charge in [0.1, 0.15) is 6.04 Å². The summed E-state index contributed by atoms with van der Waals surface area (Å²) < 4.78 is 30.5. The number of hydrogen-bond acceptors (Lipinski definition) is 5. The van der Waals surface area contributed by atoms with Crippen molar-refractivity contribution in [2.75, 3.05) is 30.8 Å². The molecule has 1 amide bonds. The van der Waals surface area contributed by atoms with Gasteiger partial charge in [0.25, 0.3) is 0 Å². The number of halogens is 2. The highest BCUT2D eigenvalue weighted by Gasteiger charge is 2.35. The minimum atomic E-state index is -3.75. The second-order valence-corrected chi connectivity index (χ2v) is 9.13. The van der Waals surface area contributed by atoms with Crippen molar-refractivity contribution in [1.29, 1.82) is 0 Å². The Bertz CT molecular complexity index is 823. The number of carbonyl (C=O) groups is 2. The van der Waals surface area contributed by atoms with Crippen LogP contribution in [0.4, 0.5) is 5.69 Å². The highest BCUT2D eigenvalue weighted by molar-refractivity contribution is 7.92. The van der Waals surface area contributed by atoms with Crippen LogP contribution in [0.2, 0.25) is 10.0 Å². The van der Waals surface area contributed by atoms with Gasteiger partial charge in [0.05, 0.1) is 35.0 Å². The molecule has 0 saturated carbocycles. The van der Waals surface area contributed by atoms with Crippen LogP contribution in [0.25, 0.3) is 0 Å². The fourth-order valence-corrected chi connectivity index (χ4v) is 4.64. The van der Waals surface area contributed by atoms with Crippen molar-refractivity contribution >= 4 is 50.8 Å². The average Bonchev–Trinajstić information content (AvgIpc) is 2.62. The molecular formula is C17H22Cl2N2O5S. The Labute approximate surface area is 169 Å². The van der Waals surface area contributed by atoms with E-state index in [0.29, 0.717) is 25.9 Å². The van der Waals surface area contributed by atoms with Crippen LogP contribution in [0.1, 0.15) is 19.8 Å². The van der Waals surface area contributed by atoms with E-state index in [2.05, 4.69) is 0 Å². The minimum Gasteiger partial charge on any atom is -0.469 e. The normalized spacial score (nSPS) is 16.7. The third kappa shape index (κ3) is 5.06. The van der Waals surface area contributed by atoms with Crippen LogP contribution in [0.15, 0.2) is 18.2 Å². The standard InChI is InChI=1S/C17H22Cl2N2O5S/c1-11(16(22)20-8-6-12(7-9-20)17(23)26-2)21(27(3,24)25)13-4-5-14(18)15(19)10-13/h4-5,10-12H,6-9H2,1-3H3/t11-/m0/s1. The van der Waals surface area contributed by atoms with Crippen LogP contribution >= 0.6 is 23.2 Å². The summed E-state index contributed by atoms with van der Waals surface area (Å²) >= 11 is 11.9. The lowest BCUT2D eigenvalue weighted by atomic mass is 9.96. The van der Waals surface area contributed by atoms with Crippen LogP contribution in [-0.2, 0) is 24.3 Å². The molecule has 0 bridgehead atoms. The molecule has 1 aliphatic rings. The van der Waals surface area contributed by atoms with Gasteiger partial charge in [0.2, 0.25) is 15.9 Å². The van der Waals surface area contributed by atoms with Gasteiger partial charge < -0.3 is 9.64 Å². The number of nitrogens with zero attached hydrogens (tertiary/aromatic N) is 2. The molecule has 1 aromatic carbocycles. The van der Waals surface area contributed by atoms with Gasteiger partial charge in [-0.05, 0) is 38.0 Å². The molecule has 2 rings (SSSR count). The third-order valence-corrected chi connectivity index (χ3v) is 6.55. The van der Waals surface area contributed by atoms with E-state index in [1.807, 2.05) is 0 Å². The molecule has 0 aromatic heterocycles. The molecule has 0 aliphatic carbocycles. The Morgan fingerprint density at radius 1 is 1.22 bits per heavy atom. The van der Waals surface area contributed by atoms with Crippen molar-refractivity contribution in [3.05, 3.63) is 28.2 Å². The summed E-state index contributed by atoms with van der Waals surface area (Å²) in [6.07, 6.45) is 2.00. The van der Waals surface area contributed by atoms with Gasteiger partial charge >= 0.3 is 5.97 Å². The minimum absolute atomic E-state index is 0.196. The molecule has 150 valence electrons. The molecule has 1 atom stereocenters. The second-order valence-electron chi connectivity index (χ2n) is 6.46. The first kappa shape index (κ1) is 21.8. The van der Waals surface area contributed by atoms with Gasteiger partial charge in [-0.25, -0.2) is 8.42 Å². The predicted octanol–water partition coefficient (Wildman–Crippen LogP) is 2.56. The highest BCUT2D eigenvalue weighted by Crippen LogP contribution is 2.30. The lowest BCUT2D eigenvalue weighted by Crippen LogP contribution is -2.51. The predicted molar refractivity (Wildman–Crippen MR) is 105 cm³/mol. The van der Waals surface area contributed by atoms with Crippen LogP contribution in [0.5, 0.6) is 0 Å². The first-order valence-electron chi connectivity index (χ1n) is 8.37. The molecule has 1 aromatic rings. The van der Waals surface area contributed by atoms with Gasteiger partial charge in [-0.15, -0.1) is 0 Å². The van der Waals surface area contributed by atoms with Crippen LogP contribution < -0.4 is 4.31 Å². The van der Waals surface area contributed by atoms with E-state index in [1.54, 1.807) is 4.90 Å². The number of rotatable bonds is 5. The number of amides is 1. The topological polar surface area (TPSA) is 84.0 Å². The van der Waals surface area contributed by atoms with Crippen molar-refractivity contribution in [3.8, 4) is 0 Å². The fourth-order valence-electron chi connectivity index (χ4n) is 3.19. The number of esters is 1. The molecule has 1 aliphatic heterocycles. The number of sulfonamides is 1. The number of ether oxygens (including phenoxy) is 1. The Hall–Kier alpha value is -1.51. The molecule has 0 unspecified atom stereocenters. The van der Waals surface area contributed by atoms with Crippen molar-refractivity contribution in [2.45, 2.75) is 25.8 Å². The summed E-state index contributed by atoms with van der Waals surface area (Å²) in [6.45, 7) is 2.25. The van der Waals surface area contributed by atoms with Crippen LogP contribution in [0, 0.1) is 5.92 Å². The zero-order chi connectivity index (χ0) is 20.4. The molecule has 1 fully saturated rings. The number of piperidine rings is 1. The van der Waals surface area contributed by atoms with Gasteiger partial charge in [-0.3, -0.25) is 13.9 Å². The Kier molecular flexibility index (Phi) is 6.99. The second kappa shape index (κ2) is 8.67. The van der Waals surface area contributed by atoms with Gasteiger partial charge in [0, 0.05) is 13.1 Å². The first-order chi connectivity index (χ1) is 12.6. The molecule has 0 radical (unpaired) electrons. The summed E-state index contributed by atoms with van der Waals surface area (Å²) in [6, 6.07) is 3.43. The lowest BCUT2D eigenvalue weighted by molar-refractivity contribution is -0.149. The van der Waals surface area contributed by atoms with E-state index in [1.165, 1.54) is 32.2 Å². The van der Waals surface area contributed by atoms with Gasteiger partial charge in [0.15, 0.2) is 0 Å². The number of methoxy groups -OCH3 is 1. The molecule has 7 nitrogen and oxygen atoms in total. The maximum atomic E-state index is 12.9. The number of likely N-dealkylation sites (tertiary alicyclic amines) is 1. The first-order valence-corrected chi connectivity index (χ1v) is 11.0. The zero-order valence-corrected chi connectivity index (χ0v) is 17.6. The summed E-state index contributed by atoms with van der Waals surface area (Å²) in [5.74, 6) is -0.867. The number of benzene rings is 1. The molecule has 10 heteroatoms. The maximum absolute atomic E-state index is 12.9. The highest BCUT2D eigenvalue weighted by atomic mass is 35.5. The summed E-state index contributed by atoms with van der Waals surface area (Å²) in [4.78, 5) is 26.1. The summed E-state index contributed by atoms with van der Waals surface area (Å²) in [5.41, 5.74) is 0.261. The van der Waals surface area contributed by atoms with E-state index in [0.717, 1.165) is 10.6 Å². The smallest absolute Gasteiger partial charge is 0.308 e. The Balaban J connectivity index is 2.21. The average molecular weight is 437 g/mol. The zero-order valence-electron chi connectivity index (χ0n) is 15.3. The van der Waals surface area contributed by atoms with Gasteiger partial charge in [-0.1, -0.05) is 23.2 Å². The van der Waals surface area contributed by atoms with Gasteiger partial charge in [-0.2, -0.15) is 0 Å². The van der Waals surface area contributed by atoms with E-state index in [4.69, 9.17) is 27.9 Å². The number of hydrogen-bond donors (Lipinski definition) is 0. The molecular weight excluding hydrogens is 415 g/mol. The summed E-state index contributed by atoms with van der Waals surface area (Å²) in [7, 11) is -2.41. The third-order valence-electron chi connectivity index (χ3n) is 4.57. The number of carbonyl (C=O) groups excluding carboxylic acids is 2. The van der Waals surface area contributed by atoms with E-state index >= 15 is 0 Å². The maximum Gasteiger partial charge on any atom is 0.308 e. The fraction of sp³-hybridized carbons (Fsp3) is 0.529. The number of anilines is 1. The molecule has 0 N–H and O–H groups in total. The quantitative estimate of drug-likeness (QED) is 0.662. The van der Waals surface area contributed by atoms with E-state index in [9.17, 15) is 18.0 Å². The van der Waals surface area contributed by atoms with E-state index in [-0.39, 0.29) is 33.5 Å². The Morgan fingerprint density at radius 3 is 2.30 bits per heavy atom. The Morgan fingerprint density at radius 2 is 1.81 bits per heavy atom. The SMILES string of the molecule is COC(=O)C1CCN(C(=O)[C@H](C)N(c2ccc(Cl)c(Cl)c2)S(C)(=O)=O)CC1. The molecule has 27 heavy (non-hydrogen) atoms. The lowest BCUT2D eigenvalue weighted by Gasteiger charge is -2.36. The monoisotopic (exact) mass is 436 g/mol. The van der Waals surface area contributed by atoms with Crippen LogP contribution in [-0.4, -0.2) is 57.7 Å². The molecule has 1 saturated heterocycles. The molecule has 1 heterocycles. The molecule has 0 spiro atoms. The van der Waals surface area contributed by atoms with Crippen molar-refractivity contribution in [1.82, 2.24) is 4.90 Å². The van der Waals surface area contributed by atoms with Crippen molar-refractivity contribution in [3.63, 3.8) is 0 Å².